The Bertz CT molecular complexity index is 258. The van der Waals surface area contributed by atoms with Gasteiger partial charge in [-0.2, -0.15) is 0 Å². The second-order valence-corrected chi connectivity index (χ2v) is 2.23. The number of aromatic nitrogens is 2. The highest BCUT2D eigenvalue weighted by molar-refractivity contribution is 5.16. The van der Waals surface area contributed by atoms with Crippen molar-refractivity contribution in [3.8, 4) is 11.8 Å². The van der Waals surface area contributed by atoms with Gasteiger partial charge in [-0.3, -0.25) is 0 Å². The monoisotopic (exact) mass is 187 g/mol. The summed E-state index contributed by atoms with van der Waals surface area (Å²) < 4.78 is 9.79. The van der Waals surface area contributed by atoms with E-state index in [2.05, 4.69) is 0 Å². The molecule has 13 heavy (non-hydrogen) atoms. The van der Waals surface area contributed by atoms with Gasteiger partial charge in [0.25, 0.3) is 5.88 Å². The van der Waals surface area contributed by atoms with E-state index in [9.17, 15) is 10.4 Å². The second-order valence-electron chi connectivity index (χ2n) is 2.23. The summed E-state index contributed by atoms with van der Waals surface area (Å²) in [5, 5.41) is 22.0. The maximum Gasteiger partial charge on any atom is 0.409 e. The molecule has 0 saturated carbocycles. The van der Waals surface area contributed by atoms with E-state index in [4.69, 9.17) is 9.47 Å². The van der Waals surface area contributed by atoms with Crippen LogP contribution in [0.25, 0.3) is 0 Å². The fourth-order valence-electron chi connectivity index (χ4n) is 0.885. The molecule has 6 heteroatoms. The lowest BCUT2D eigenvalue weighted by Gasteiger charge is -2.08. The molecular weight excluding hydrogens is 176 g/mol. The molecule has 0 amide bonds. The van der Waals surface area contributed by atoms with Crippen LogP contribution in [0.5, 0.6) is 11.8 Å². The van der Waals surface area contributed by atoms with Crippen LogP contribution in [0.3, 0.4) is 0 Å². The van der Waals surface area contributed by atoms with Gasteiger partial charge in [0, 0.05) is 0 Å². The molecule has 74 valence electrons. The summed E-state index contributed by atoms with van der Waals surface area (Å²) >= 11 is 0. The summed E-state index contributed by atoms with van der Waals surface area (Å²) in [6, 6.07) is 1.27. The van der Waals surface area contributed by atoms with Crippen molar-refractivity contribution in [1.29, 1.82) is 0 Å². The first-order valence-electron chi connectivity index (χ1n) is 3.99. The molecule has 0 fully saturated rings. The summed E-state index contributed by atoms with van der Waals surface area (Å²) in [6.45, 7) is 4.11. The standard InChI is InChI=1S/C7H11N2O4/c1-3-12-6-5-7(13-4-2)9(11)8(6)10/h5H,3-4H2,1-2H3/q-1. The van der Waals surface area contributed by atoms with E-state index >= 15 is 0 Å². The van der Waals surface area contributed by atoms with Crippen molar-refractivity contribution < 1.29 is 14.3 Å². The van der Waals surface area contributed by atoms with E-state index in [1.807, 2.05) is 0 Å². The molecule has 0 radical (unpaired) electrons. The molecule has 6 nitrogen and oxygen atoms in total. The third-order valence-corrected chi connectivity index (χ3v) is 1.37. The van der Waals surface area contributed by atoms with Gasteiger partial charge in [0.05, 0.1) is 13.2 Å². The summed E-state index contributed by atoms with van der Waals surface area (Å²) in [7, 11) is 0. The molecule has 0 saturated heterocycles. The molecule has 0 atom stereocenters. The van der Waals surface area contributed by atoms with E-state index in [0.29, 0.717) is 13.2 Å². The van der Waals surface area contributed by atoms with Crippen LogP contribution >= 0.6 is 0 Å². The number of ether oxygens (including phenoxy) is 2. The highest BCUT2D eigenvalue weighted by Gasteiger charge is 2.15. The molecule has 1 aromatic heterocycles. The third kappa shape index (κ3) is 1.77. The zero-order valence-electron chi connectivity index (χ0n) is 7.52. The lowest BCUT2D eigenvalue weighted by Crippen LogP contribution is -2.36. The lowest BCUT2D eigenvalue weighted by molar-refractivity contribution is -0.690. The van der Waals surface area contributed by atoms with Gasteiger partial charge in [-0.05, 0) is 18.7 Å². The van der Waals surface area contributed by atoms with Crippen molar-refractivity contribution in [1.82, 2.24) is 4.85 Å². The molecule has 1 aromatic rings. The predicted molar refractivity (Wildman–Crippen MR) is 44.5 cm³/mol. The van der Waals surface area contributed by atoms with Crippen molar-refractivity contribution >= 4 is 0 Å². The number of nitrogens with zero attached hydrogens (tertiary/aromatic N) is 2. The van der Waals surface area contributed by atoms with E-state index in [-0.39, 0.29) is 21.5 Å². The zero-order valence-corrected chi connectivity index (χ0v) is 7.52. The summed E-state index contributed by atoms with van der Waals surface area (Å²) in [5.41, 5.74) is 0. The Morgan fingerprint density at radius 2 is 2.00 bits per heavy atom. The van der Waals surface area contributed by atoms with E-state index in [1.54, 1.807) is 13.8 Å². The SMILES string of the molecule is CCOc1cc(OCC)[n+]([O-])n1[O-]. The van der Waals surface area contributed by atoms with Crippen molar-refractivity contribution in [2.75, 3.05) is 13.2 Å². The average molecular weight is 187 g/mol. The van der Waals surface area contributed by atoms with Gasteiger partial charge in [0.15, 0.2) is 0 Å². The smallest absolute Gasteiger partial charge is 0.409 e. The number of hydrogen-bond acceptors (Lipinski definition) is 4. The maximum absolute atomic E-state index is 11.0. The lowest BCUT2D eigenvalue weighted by atomic mass is 10.6. The minimum atomic E-state index is -0.0408. The van der Waals surface area contributed by atoms with Gasteiger partial charge in [0.2, 0.25) is 0 Å². The molecule has 0 unspecified atom stereocenters. The molecule has 0 N–H and O–H groups in total. The van der Waals surface area contributed by atoms with Gasteiger partial charge >= 0.3 is 5.88 Å². The predicted octanol–water partition coefficient (Wildman–Crippen LogP) is 0.265. The Hall–Kier alpha value is -1.59. The first-order valence-corrected chi connectivity index (χ1v) is 3.99. The van der Waals surface area contributed by atoms with Crippen molar-refractivity contribution in [3.05, 3.63) is 16.5 Å². The Balaban J connectivity index is 2.90. The minimum Gasteiger partial charge on any atom is -0.755 e. The molecule has 0 aliphatic heterocycles. The van der Waals surface area contributed by atoms with Crippen molar-refractivity contribution in [3.63, 3.8) is 0 Å². The Morgan fingerprint density at radius 1 is 1.38 bits per heavy atom. The second kappa shape index (κ2) is 3.88. The van der Waals surface area contributed by atoms with Crippen LogP contribution in [0.15, 0.2) is 6.07 Å². The van der Waals surface area contributed by atoms with Crippen molar-refractivity contribution in [2.24, 2.45) is 0 Å². The molecular formula is C7H11N2O4-. The topological polar surface area (TPSA) is 73.4 Å². The van der Waals surface area contributed by atoms with Gasteiger partial charge in [-0.15, -0.1) is 4.85 Å². The van der Waals surface area contributed by atoms with E-state index < -0.39 is 0 Å². The first kappa shape index (κ1) is 9.50. The van der Waals surface area contributed by atoms with Crippen LogP contribution < -0.4 is 14.3 Å². The third-order valence-electron chi connectivity index (χ3n) is 1.37. The van der Waals surface area contributed by atoms with Crippen LogP contribution in [-0.2, 0) is 0 Å². The highest BCUT2D eigenvalue weighted by atomic mass is 16.7. The van der Waals surface area contributed by atoms with Crippen LogP contribution in [0.1, 0.15) is 13.8 Å². The van der Waals surface area contributed by atoms with E-state index in [0.717, 1.165) is 0 Å². The minimum absolute atomic E-state index is 0.0408. The van der Waals surface area contributed by atoms with Crippen LogP contribution in [0.2, 0.25) is 0 Å². The Kier molecular flexibility index (Phi) is 2.84. The molecule has 0 spiro atoms. The van der Waals surface area contributed by atoms with Crippen LogP contribution in [0.4, 0.5) is 0 Å². The van der Waals surface area contributed by atoms with E-state index in [1.165, 1.54) is 6.07 Å². The molecule has 1 heterocycles. The fourth-order valence-corrected chi connectivity index (χ4v) is 0.885. The Labute approximate surface area is 75.4 Å². The van der Waals surface area contributed by atoms with Gasteiger partial charge in [0.1, 0.15) is 6.07 Å². The van der Waals surface area contributed by atoms with Gasteiger partial charge in [-0.1, -0.05) is 0 Å². The average Bonchev–Trinajstić information content (AvgIpc) is 2.36. The van der Waals surface area contributed by atoms with Crippen LogP contribution in [0, 0.1) is 10.4 Å². The van der Waals surface area contributed by atoms with Gasteiger partial charge in [-0.25, -0.2) is 0 Å². The highest BCUT2D eigenvalue weighted by Crippen LogP contribution is 2.15. The number of rotatable bonds is 4. The molecule has 0 aliphatic carbocycles. The molecule has 1 rings (SSSR count). The Morgan fingerprint density at radius 3 is 2.54 bits per heavy atom. The molecule has 0 aromatic carbocycles. The molecule has 0 bridgehead atoms. The van der Waals surface area contributed by atoms with Crippen LogP contribution in [-0.4, -0.2) is 18.1 Å². The number of hydrogen-bond donors (Lipinski definition) is 0. The summed E-state index contributed by atoms with van der Waals surface area (Å²) in [6.07, 6.45) is 0. The zero-order chi connectivity index (χ0) is 9.84. The van der Waals surface area contributed by atoms with Crippen molar-refractivity contribution in [2.45, 2.75) is 13.8 Å². The quantitative estimate of drug-likeness (QED) is 0.500. The normalized spacial score (nSPS) is 10.0. The first-order chi connectivity index (χ1) is 6.20. The largest absolute Gasteiger partial charge is 0.755 e. The summed E-state index contributed by atoms with van der Waals surface area (Å²) in [5.74, 6) is -0.0816. The molecule has 0 aliphatic rings. The fraction of sp³-hybridized carbons (Fsp3) is 0.571. The summed E-state index contributed by atoms with van der Waals surface area (Å²) in [4.78, 5) is 0.211. The van der Waals surface area contributed by atoms with Gasteiger partial charge < -0.3 is 19.9 Å². The maximum atomic E-state index is 11.0.